The second kappa shape index (κ2) is 5.89. The summed E-state index contributed by atoms with van der Waals surface area (Å²) in [5.74, 6) is 1.64. The zero-order chi connectivity index (χ0) is 16.5. The van der Waals surface area contributed by atoms with Crippen LogP contribution in [0.25, 0.3) is 11.8 Å². The van der Waals surface area contributed by atoms with Crippen LogP contribution in [0.4, 0.5) is 0 Å². The Morgan fingerprint density at radius 2 is 1.83 bits per heavy atom. The molecule has 2 aliphatic rings. The molecule has 4 heteroatoms. The van der Waals surface area contributed by atoms with E-state index >= 15 is 0 Å². The molecule has 2 heterocycles. The predicted molar refractivity (Wildman–Crippen MR) is 90.4 cm³/mol. The molecular formula is C20H16O4. The Morgan fingerprint density at radius 3 is 2.62 bits per heavy atom. The second-order valence-corrected chi connectivity index (χ2v) is 5.66. The van der Waals surface area contributed by atoms with Gasteiger partial charge in [-0.15, -0.1) is 0 Å². The Labute approximate surface area is 140 Å². The summed E-state index contributed by atoms with van der Waals surface area (Å²) >= 11 is 0. The topological polar surface area (TPSA) is 44.8 Å². The van der Waals surface area contributed by atoms with Crippen molar-refractivity contribution in [3.05, 3.63) is 70.8 Å². The van der Waals surface area contributed by atoms with E-state index in [1.165, 1.54) is 5.56 Å². The van der Waals surface area contributed by atoms with Gasteiger partial charge in [0.05, 0.1) is 5.57 Å². The monoisotopic (exact) mass is 320 g/mol. The predicted octanol–water partition coefficient (Wildman–Crippen LogP) is 3.96. The van der Waals surface area contributed by atoms with Gasteiger partial charge in [-0.2, -0.15) is 0 Å². The van der Waals surface area contributed by atoms with E-state index in [-0.39, 0.29) is 12.8 Å². The molecule has 2 aromatic rings. The number of aryl methyl sites for hydroxylation is 1. The average Bonchev–Trinajstić information content (AvgIpc) is 3.21. The highest BCUT2D eigenvalue weighted by molar-refractivity contribution is 6.05. The molecule has 2 aromatic carbocycles. The summed E-state index contributed by atoms with van der Waals surface area (Å²) in [7, 11) is 0. The third kappa shape index (κ3) is 2.67. The van der Waals surface area contributed by atoms with Crippen molar-refractivity contribution in [3.63, 3.8) is 0 Å². The summed E-state index contributed by atoms with van der Waals surface area (Å²) in [4.78, 5) is 12.1. The lowest BCUT2D eigenvalue weighted by atomic mass is 10.1. The molecule has 0 saturated heterocycles. The van der Waals surface area contributed by atoms with E-state index < -0.39 is 0 Å². The molecule has 0 fully saturated rings. The summed E-state index contributed by atoms with van der Waals surface area (Å²) in [6.45, 7) is 2.34. The summed E-state index contributed by atoms with van der Waals surface area (Å²) in [6, 6.07) is 13.6. The first-order chi connectivity index (χ1) is 11.7. The van der Waals surface area contributed by atoms with Gasteiger partial charge >= 0.3 is 5.97 Å². The highest BCUT2D eigenvalue weighted by atomic mass is 16.7. The lowest BCUT2D eigenvalue weighted by Crippen LogP contribution is -1.97. The van der Waals surface area contributed by atoms with E-state index in [9.17, 15) is 4.79 Å². The quantitative estimate of drug-likeness (QED) is 0.634. The van der Waals surface area contributed by atoms with Crippen molar-refractivity contribution in [1.29, 1.82) is 0 Å². The minimum absolute atomic E-state index is 0.231. The van der Waals surface area contributed by atoms with Crippen molar-refractivity contribution in [1.82, 2.24) is 0 Å². The van der Waals surface area contributed by atoms with Crippen molar-refractivity contribution in [2.45, 2.75) is 13.3 Å². The van der Waals surface area contributed by atoms with E-state index in [0.717, 1.165) is 23.3 Å². The molecule has 0 amide bonds. The van der Waals surface area contributed by atoms with Crippen molar-refractivity contribution in [3.8, 4) is 11.5 Å². The van der Waals surface area contributed by atoms with Gasteiger partial charge in [0.2, 0.25) is 6.79 Å². The molecule has 120 valence electrons. The van der Waals surface area contributed by atoms with Gasteiger partial charge in [0.15, 0.2) is 11.5 Å². The molecule has 0 saturated carbocycles. The zero-order valence-corrected chi connectivity index (χ0v) is 13.2. The van der Waals surface area contributed by atoms with Gasteiger partial charge in [-0.25, -0.2) is 4.79 Å². The molecule has 0 spiro atoms. The number of cyclic esters (lactones) is 1. The van der Waals surface area contributed by atoms with E-state index in [1.54, 1.807) is 12.2 Å². The van der Waals surface area contributed by atoms with Crippen molar-refractivity contribution >= 4 is 17.8 Å². The Kier molecular flexibility index (Phi) is 3.58. The molecule has 4 nitrogen and oxygen atoms in total. The molecule has 4 rings (SSSR count). The first kappa shape index (κ1) is 14.6. The second-order valence-electron chi connectivity index (χ2n) is 5.66. The molecule has 0 aromatic heterocycles. The smallest absolute Gasteiger partial charge is 0.343 e. The number of hydrogen-bond donors (Lipinski definition) is 0. The molecule has 0 radical (unpaired) electrons. The van der Waals surface area contributed by atoms with E-state index in [2.05, 4.69) is 6.92 Å². The summed E-state index contributed by atoms with van der Waals surface area (Å²) in [6.07, 6.45) is 4.54. The van der Waals surface area contributed by atoms with Gasteiger partial charge in [-0.3, -0.25) is 0 Å². The Morgan fingerprint density at radius 1 is 1.04 bits per heavy atom. The molecule has 0 unspecified atom stereocenters. The fourth-order valence-electron chi connectivity index (χ4n) is 2.72. The van der Waals surface area contributed by atoms with Gasteiger partial charge in [0.1, 0.15) is 5.76 Å². The van der Waals surface area contributed by atoms with Gasteiger partial charge in [0, 0.05) is 5.56 Å². The van der Waals surface area contributed by atoms with Crippen LogP contribution < -0.4 is 9.47 Å². The summed E-state index contributed by atoms with van der Waals surface area (Å²) in [5.41, 5.74) is 3.53. The van der Waals surface area contributed by atoms with Crippen LogP contribution in [-0.4, -0.2) is 12.8 Å². The lowest BCUT2D eigenvalue weighted by Gasteiger charge is -2.02. The first-order valence-corrected chi connectivity index (χ1v) is 7.87. The minimum Gasteiger partial charge on any atom is -0.454 e. The SMILES string of the molecule is CCc1ccc(C2=CC(=Cc3ccc4c(c3)OCO4)C(=O)O2)cc1. The largest absolute Gasteiger partial charge is 0.454 e. The standard InChI is InChI=1S/C20H16O4/c1-2-13-3-6-15(7-4-13)18-11-16(20(21)24-18)9-14-5-8-17-19(10-14)23-12-22-17/h3-11H,2,12H2,1H3. The van der Waals surface area contributed by atoms with Gasteiger partial charge < -0.3 is 14.2 Å². The maximum Gasteiger partial charge on any atom is 0.343 e. The molecular weight excluding hydrogens is 304 g/mol. The number of ether oxygens (including phenoxy) is 3. The molecule has 2 aliphatic heterocycles. The number of rotatable bonds is 3. The Bertz CT molecular complexity index is 860. The lowest BCUT2D eigenvalue weighted by molar-refractivity contribution is -0.130. The first-order valence-electron chi connectivity index (χ1n) is 7.87. The fraction of sp³-hybridized carbons (Fsp3) is 0.150. The number of carbonyl (C=O) groups excluding carboxylic acids is 1. The van der Waals surface area contributed by atoms with Crippen LogP contribution >= 0.6 is 0 Å². The van der Waals surface area contributed by atoms with Crippen molar-refractivity contribution in [2.75, 3.05) is 6.79 Å². The maximum atomic E-state index is 12.1. The molecule has 0 bridgehead atoms. The number of carbonyl (C=O) groups is 1. The summed E-state index contributed by atoms with van der Waals surface area (Å²) < 4.78 is 16.0. The molecule has 24 heavy (non-hydrogen) atoms. The number of esters is 1. The Balaban J connectivity index is 1.63. The highest BCUT2D eigenvalue weighted by Gasteiger charge is 2.22. The average molecular weight is 320 g/mol. The van der Waals surface area contributed by atoms with Crippen LogP contribution in [0.1, 0.15) is 23.6 Å². The van der Waals surface area contributed by atoms with Gasteiger partial charge in [0.25, 0.3) is 0 Å². The number of fused-ring (bicyclic) bond motifs is 1. The fourth-order valence-corrected chi connectivity index (χ4v) is 2.72. The zero-order valence-electron chi connectivity index (χ0n) is 13.2. The molecule has 0 aliphatic carbocycles. The van der Waals surface area contributed by atoms with Gasteiger partial charge in [-0.05, 0) is 41.8 Å². The third-order valence-electron chi connectivity index (χ3n) is 4.09. The van der Waals surface area contributed by atoms with Crippen LogP contribution in [0.5, 0.6) is 11.5 Å². The number of hydrogen-bond acceptors (Lipinski definition) is 4. The van der Waals surface area contributed by atoms with E-state index in [1.807, 2.05) is 42.5 Å². The number of benzene rings is 2. The van der Waals surface area contributed by atoms with E-state index in [0.29, 0.717) is 17.1 Å². The highest BCUT2D eigenvalue weighted by Crippen LogP contribution is 2.34. The van der Waals surface area contributed by atoms with Crippen LogP contribution in [0.3, 0.4) is 0 Å². The van der Waals surface area contributed by atoms with Crippen LogP contribution in [0.2, 0.25) is 0 Å². The Hall–Kier alpha value is -3.01. The molecule has 0 N–H and O–H groups in total. The van der Waals surface area contributed by atoms with Crippen LogP contribution in [0.15, 0.2) is 54.1 Å². The molecule has 0 atom stereocenters. The van der Waals surface area contributed by atoms with Crippen LogP contribution in [-0.2, 0) is 16.0 Å². The van der Waals surface area contributed by atoms with Crippen molar-refractivity contribution < 1.29 is 19.0 Å². The minimum atomic E-state index is -0.345. The normalized spacial score (nSPS) is 17.1. The summed E-state index contributed by atoms with van der Waals surface area (Å²) in [5, 5.41) is 0. The third-order valence-corrected chi connectivity index (χ3v) is 4.09. The van der Waals surface area contributed by atoms with Gasteiger partial charge in [-0.1, -0.05) is 37.3 Å². The van der Waals surface area contributed by atoms with E-state index in [4.69, 9.17) is 14.2 Å². The van der Waals surface area contributed by atoms with Crippen LogP contribution in [0, 0.1) is 0 Å². The maximum absolute atomic E-state index is 12.1. The van der Waals surface area contributed by atoms with Crippen molar-refractivity contribution in [2.24, 2.45) is 0 Å².